The third-order valence-electron chi connectivity index (χ3n) is 4.92. The number of aromatic nitrogens is 1. The summed E-state index contributed by atoms with van der Waals surface area (Å²) in [5.74, 6) is 0.721. The molecule has 1 aliphatic heterocycles. The fourth-order valence-electron chi connectivity index (χ4n) is 3.43. The van der Waals surface area contributed by atoms with Gasteiger partial charge in [0.2, 0.25) is 5.91 Å². The largest absolute Gasteiger partial charge is 0.495 e. The van der Waals surface area contributed by atoms with E-state index < -0.39 is 0 Å². The molecule has 2 amide bonds. The van der Waals surface area contributed by atoms with Crippen LogP contribution in [-0.4, -0.2) is 47.9 Å². The molecule has 2 aromatic rings. The van der Waals surface area contributed by atoms with Crippen LogP contribution in [0.2, 0.25) is 0 Å². The second-order valence-corrected chi connectivity index (χ2v) is 6.66. The minimum atomic E-state index is -0.254. The van der Waals surface area contributed by atoms with Crippen LogP contribution < -0.4 is 9.64 Å². The Hall–Kier alpha value is -2.83. The Bertz CT molecular complexity index is 817. The Morgan fingerprint density at radius 2 is 2.15 bits per heavy atom. The molecule has 1 saturated heterocycles. The third-order valence-corrected chi connectivity index (χ3v) is 4.92. The van der Waals surface area contributed by atoms with Gasteiger partial charge in [-0.15, -0.1) is 0 Å². The van der Waals surface area contributed by atoms with E-state index in [-0.39, 0.29) is 30.1 Å². The standard InChI is InChI=1S/C20H25N3O4/c1-4-5-8-15-11-23(16-9-6-7-10-17(16)26-3)18(24)12-22(15)20(25)19-14(2)27-13-21-19/h6-7,9-10,13,15H,4-5,8,11-12H2,1-3H3. The number of unbranched alkanes of at least 4 members (excludes halogenated alkanes) is 1. The van der Waals surface area contributed by atoms with Gasteiger partial charge in [0.25, 0.3) is 5.91 Å². The van der Waals surface area contributed by atoms with Crippen molar-refractivity contribution in [2.24, 2.45) is 0 Å². The summed E-state index contributed by atoms with van der Waals surface area (Å²) < 4.78 is 10.6. The van der Waals surface area contributed by atoms with E-state index in [4.69, 9.17) is 9.15 Å². The molecule has 0 radical (unpaired) electrons. The molecule has 0 aliphatic carbocycles. The summed E-state index contributed by atoms with van der Waals surface area (Å²) in [4.78, 5) is 33.2. The van der Waals surface area contributed by atoms with Gasteiger partial charge in [-0.2, -0.15) is 0 Å². The van der Waals surface area contributed by atoms with E-state index in [1.54, 1.807) is 23.8 Å². The van der Waals surface area contributed by atoms with Crippen molar-refractivity contribution in [1.29, 1.82) is 0 Å². The fraction of sp³-hybridized carbons (Fsp3) is 0.450. The van der Waals surface area contributed by atoms with E-state index in [0.717, 1.165) is 24.9 Å². The summed E-state index contributed by atoms with van der Waals surface area (Å²) in [7, 11) is 1.59. The van der Waals surface area contributed by atoms with Gasteiger partial charge in [-0.25, -0.2) is 4.98 Å². The lowest BCUT2D eigenvalue weighted by Crippen LogP contribution is -2.58. The van der Waals surface area contributed by atoms with Crippen molar-refractivity contribution in [3.05, 3.63) is 42.1 Å². The fourth-order valence-corrected chi connectivity index (χ4v) is 3.43. The number of nitrogens with zero attached hydrogens (tertiary/aromatic N) is 3. The number of hydrogen-bond donors (Lipinski definition) is 0. The molecular weight excluding hydrogens is 346 g/mol. The number of hydrogen-bond acceptors (Lipinski definition) is 5. The van der Waals surface area contributed by atoms with Gasteiger partial charge in [0.1, 0.15) is 18.1 Å². The first-order valence-corrected chi connectivity index (χ1v) is 9.21. The predicted molar refractivity (Wildman–Crippen MR) is 101 cm³/mol. The Balaban J connectivity index is 1.89. The highest BCUT2D eigenvalue weighted by molar-refractivity contribution is 6.02. The number of piperazine rings is 1. The van der Waals surface area contributed by atoms with Gasteiger partial charge >= 0.3 is 0 Å². The second-order valence-electron chi connectivity index (χ2n) is 6.66. The number of carbonyl (C=O) groups is 2. The molecule has 0 saturated carbocycles. The molecule has 2 heterocycles. The molecule has 144 valence electrons. The quantitative estimate of drug-likeness (QED) is 0.780. The van der Waals surface area contributed by atoms with Crippen LogP contribution in [0.5, 0.6) is 5.75 Å². The summed E-state index contributed by atoms with van der Waals surface area (Å²) in [5.41, 5.74) is 1.01. The lowest BCUT2D eigenvalue weighted by atomic mass is 10.0. The van der Waals surface area contributed by atoms with Crippen LogP contribution in [0.4, 0.5) is 5.69 Å². The number of ether oxygens (including phenoxy) is 1. The summed E-state index contributed by atoms with van der Waals surface area (Å²) in [6.45, 7) is 4.26. The zero-order valence-electron chi connectivity index (χ0n) is 16.0. The first-order chi connectivity index (χ1) is 13.1. The molecule has 1 atom stereocenters. The Morgan fingerprint density at radius 3 is 2.81 bits per heavy atom. The van der Waals surface area contributed by atoms with Crippen molar-refractivity contribution in [3.8, 4) is 5.75 Å². The first-order valence-electron chi connectivity index (χ1n) is 9.21. The highest BCUT2D eigenvalue weighted by atomic mass is 16.5. The van der Waals surface area contributed by atoms with Crippen LogP contribution in [-0.2, 0) is 4.79 Å². The topological polar surface area (TPSA) is 75.9 Å². The minimum Gasteiger partial charge on any atom is -0.495 e. The Morgan fingerprint density at radius 1 is 1.37 bits per heavy atom. The third kappa shape index (κ3) is 3.82. The number of benzene rings is 1. The SMILES string of the molecule is CCCCC1CN(c2ccccc2OC)C(=O)CN1C(=O)c1ncoc1C. The average Bonchev–Trinajstić information content (AvgIpc) is 3.12. The molecule has 7 heteroatoms. The molecule has 7 nitrogen and oxygen atoms in total. The van der Waals surface area contributed by atoms with Crippen molar-refractivity contribution >= 4 is 17.5 Å². The van der Waals surface area contributed by atoms with Crippen LogP contribution in [0.3, 0.4) is 0 Å². The molecule has 0 bridgehead atoms. The van der Waals surface area contributed by atoms with Crippen molar-refractivity contribution in [2.45, 2.75) is 39.2 Å². The van der Waals surface area contributed by atoms with Gasteiger partial charge in [0.15, 0.2) is 12.1 Å². The van der Waals surface area contributed by atoms with Crippen LogP contribution in [0.15, 0.2) is 35.1 Å². The summed E-state index contributed by atoms with van der Waals surface area (Å²) in [6.07, 6.45) is 4.07. The number of methoxy groups -OCH3 is 1. The lowest BCUT2D eigenvalue weighted by Gasteiger charge is -2.41. The van der Waals surface area contributed by atoms with Crippen molar-refractivity contribution in [2.75, 3.05) is 25.1 Å². The number of amides is 2. The van der Waals surface area contributed by atoms with Gasteiger partial charge in [0, 0.05) is 6.54 Å². The van der Waals surface area contributed by atoms with E-state index in [9.17, 15) is 9.59 Å². The van der Waals surface area contributed by atoms with Gasteiger partial charge < -0.3 is 19.0 Å². The summed E-state index contributed by atoms with van der Waals surface area (Å²) in [5, 5.41) is 0. The minimum absolute atomic E-state index is 0.0115. The van der Waals surface area contributed by atoms with Crippen molar-refractivity contribution in [1.82, 2.24) is 9.88 Å². The van der Waals surface area contributed by atoms with E-state index in [1.807, 2.05) is 24.3 Å². The van der Waals surface area contributed by atoms with Crippen LogP contribution in [0, 0.1) is 6.92 Å². The number of anilines is 1. The number of carbonyl (C=O) groups excluding carboxylic acids is 2. The van der Waals surface area contributed by atoms with Gasteiger partial charge in [0.05, 0.1) is 18.8 Å². The number of aryl methyl sites for hydroxylation is 1. The molecule has 1 unspecified atom stereocenters. The maximum Gasteiger partial charge on any atom is 0.276 e. The molecule has 3 rings (SSSR count). The molecule has 0 spiro atoms. The molecule has 1 aliphatic rings. The first kappa shape index (κ1) is 18.9. The molecule has 27 heavy (non-hydrogen) atoms. The molecule has 1 aromatic heterocycles. The van der Waals surface area contributed by atoms with Crippen molar-refractivity contribution in [3.63, 3.8) is 0 Å². The van der Waals surface area contributed by atoms with Crippen LogP contribution >= 0.6 is 0 Å². The maximum absolute atomic E-state index is 13.0. The van der Waals surface area contributed by atoms with Crippen molar-refractivity contribution < 1.29 is 18.7 Å². The predicted octanol–water partition coefficient (Wildman–Crippen LogP) is 3.04. The molecule has 0 N–H and O–H groups in total. The van der Waals surface area contributed by atoms with Crippen LogP contribution in [0.25, 0.3) is 0 Å². The Kier molecular flexibility index (Phi) is 5.78. The molecule has 1 fully saturated rings. The van der Waals surface area contributed by atoms with E-state index in [2.05, 4.69) is 11.9 Å². The van der Waals surface area contributed by atoms with E-state index in [1.165, 1.54) is 6.39 Å². The number of oxazole rings is 1. The van der Waals surface area contributed by atoms with Gasteiger partial charge in [-0.1, -0.05) is 31.9 Å². The highest BCUT2D eigenvalue weighted by Crippen LogP contribution is 2.31. The smallest absolute Gasteiger partial charge is 0.276 e. The monoisotopic (exact) mass is 371 g/mol. The normalized spacial score (nSPS) is 17.3. The zero-order valence-corrected chi connectivity index (χ0v) is 16.0. The zero-order chi connectivity index (χ0) is 19.4. The summed E-state index contributed by atoms with van der Waals surface area (Å²) in [6, 6.07) is 7.36. The van der Waals surface area contributed by atoms with E-state index >= 15 is 0 Å². The van der Waals surface area contributed by atoms with Gasteiger partial charge in [-0.3, -0.25) is 9.59 Å². The lowest BCUT2D eigenvalue weighted by molar-refractivity contribution is -0.121. The number of para-hydroxylation sites is 2. The Labute approximate surface area is 158 Å². The van der Waals surface area contributed by atoms with E-state index in [0.29, 0.717) is 18.1 Å². The maximum atomic E-state index is 13.0. The number of rotatable bonds is 6. The second kappa shape index (κ2) is 8.24. The average molecular weight is 371 g/mol. The molecular formula is C20H25N3O4. The summed E-state index contributed by atoms with van der Waals surface area (Å²) >= 11 is 0. The molecule has 1 aromatic carbocycles. The van der Waals surface area contributed by atoms with Crippen LogP contribution in [0.1, 0.15) is 42.4 Å². The highest BCUT2D eigenvalue weighted by Gasteiger charge is 2.37. The van der Waals surface area contributed by atoms with Gasteiger partial charge in [-0.05, 0) is 25.5 Å².